The maximum atomic E-state index is 13.1. The summed E-state index contributed by atoms with van der Waals surface area (Å²) in [4.78, 5) is 64.7. The van der Waals surface area contributed by atoms with Crippen LogP contribution in [0.25, 0.3) is 0 Å². The zero-order chi connectivity index (χ0) is 21.8. The second-order valence-corrected chi connectivity index (χ2v) is 8.78. The van der Waals surface area contributed by atoms with Crippen molar-refractivity contribution in [3.05, 3.63) is 29.3 Å². The molecule has 9 heteroatoms. The molecule has 3 heterocycles. The quantitative estimate of drug-likeness (QED) is 0.578. The molecule has 9 nitrogen and oxygen atoms in total. The number of anilines is 1. The third-order valence-corrected chi connectivity index (χ3v) is 5.41. The molecule has 0 saturated carbocycles. The zero-order valence-electron chi connectivity index (χ0n) is 17.1. The molecule has 0 aromatic heterocycles. The molecule has 3 aliphatic rings. The van der Waals surface area contributed by atoms with Crippen LogP contribution in [0.4, 0.5) is 5.69 Å². The monoisotopic (exact) mass is 413 g/mol. The van der Waals surface area contributed by atoms with E-state index in [0.29, 0.717) is 18.8 Å². The van der Waals surface area contributed by atoms with Crippen molar-refractivity contribution < 1.29 is 28.7 Å². The van der Waals surface area contributed by atoms with Crippen molar-refractivity contribution in [1.82, 2.24) is 10.2 Å². The molecule has 0 bridgehead atoms. The predicted octanol–water partition coefficient (Wildman–Crippen LogP) is 0.866. The molecular weight excluding hydrogens is 390 g/mol. The van der Waals surface area contributed by atoms with Gasteiger partial charge in [-0.05, 0) is 39.3 Å². The normalized spacial score (nSPS) is 22.0. The first-order chi connectivity index (χ1) is 14.1. The second-order valence-electron chi connectivity index (χ2n) is 8.78. The number of piperidine rings is 1. The van der Waals surface area contributed by atoms with Crippen LogP contribution in [0.3, 0.4) is 0 Å². The highest BCUT2D eigenvalue weighted by Crippen LogP contribution is 2.37. The molecule has 0 spiro atoms. The molecule has 158 valence electrons. The molecule has 1 aromatic rings. The van der Waals surface area contributed by atoms with E-state index in [1.165, 1.54) is 0 Å². The Balaban J connectivity index is 1.54. The fraction of sp³-hybridized carbons (Fsp3) is 0.476. The summed E-state index contributed by atoms with van der Waals surface area (Å²) >= 11 is 0. The van der Waals surface area contributed by atoms with Gasteiger partial charge in [-0.25, -0.2) is 0 Å². The fourth-order valence-corrected chi connectivity index (χ4v) is 3.97. The van der Waals surface area contributed by atoms with Gasteiger partial charge in [0.25, 0.3) is 11.8 Å². The largest absolute Gasteiger partial charge is 0.460 e. The molecule has 30 heavy (non-hydrogen) atoms. The number of ether oxygens (including phenoxy) is 1. The predicted molar refractivity (Wildman–Crippen MR) is 105 cm³/mol. The van der Waals surface area contributed by atoms with E-state index in [9.17, 15) is 24.0 Å². The molecule has 1 N–H and O–H groups in total. The lowest BCUT2D eigenvalue weighted by molar-refractivity contribution is -0.160. The highest BCUT2D eigenvalue weighted by atomic mass is 16.6. The average molecular weight is 413 g/mol. The van der Waals surface area contributed by atoms with Gasteiger partial charge in [0.15, 0.2) is 0 Å². The molecule has 2 fully saturated rings. The van der Waals surface area contributed by atoms with Crippen molar-refractivity contribution in [2.75, 3.05) is 18.0 Å². The number of benzene rings is 1. The van der Waals surface area contributed by atoms with Crippen LogP contribution in [0, 0.1) is 5.92 Å². The lowest BCUT2D eigenvalue weighted by atomic mass is 9.96. The van der Waals surface area contributed by atoms with E-state index >= 15 is 0 Å². The van der Waals surface area contributed by atoms with Crippen LogP contribution < -0.4 is 10.2 Å². The highest BCUT2D eigenvalue weighted by Gasteiger charge is 2.47. The highest BCUT2D eigenvalue weighted by molar-refractivity contribution is 6.25. The Morgan fingerprint density at radius 3 is 2.43 bits per heavy atom. The molecular formula is C21H23N3O6. The Labute approximate surface area is 173 Å². The summed E-state index contributed by atoms with van der Waals surface area (Å²) in [6.07, 6.45) is 0.177. The lowest BCUT2D eigenvalue weighted by Crippen LogP contribution is -2.54. The minimum atomic E-state index is -1.01. The van der Waals surface area contributed by atoms with E-state index < -0.39 is 35.3 Å². The van der Waals surface area contributed by atoms with Crippen molar-refractivity contribution in [2.24, 2.45) is 5.92 Å². The van der Waals surface area contributed by atoms with Crippen molar-refractivity contribution >= 4 is 35.3 Å². The van der Waals surface area contributed by atoms with E-state index in [4.69, 9.17) is 4.74 Å². The van der Waals surface area contributed by atoms with Gasteiger partial charge < -0.3 is 9.64 Å². The molecule has 0 radical (unpaired) electrons. The van der Waals surface area contributed by atoms with Crippen LogP contribution in [0.5, 0.6) is 0 Å². The maximum absolute atomic E-state index is 13.1. The maximum Gasteiger partial charge on any atom is 0.313 e. The second kappa shape index (κ2) is 6.93. The Bertz CT molecular complexity index is 973. The number of fused-ring (bicyclic) bond motifs is 1. The summed E-state index contributed by atoms with van der Waals surface area (Å²) < 4.78 is 5.41. The number of rotatable bonds is 3. The molecule has 4 rings (SSSR count). The third kappa shape index (κ3) is 3.34. The van der Waals surface area contributed by atoms with Gasteiger partial charge in [0, 0.05) is 19.5 Å². The van der Waals surface area contributed by atoms with E-state index in [1.807, 2.05) is 4.90 Å². The van der Waals surface area contributed by atoms with Crippen molar-refractivity contribution in [1.29, 1.82) is 0 Å². The summed E-state index contributed by atoms with van der Waals surface area (Å²) in [7, 11) is 0. The third-order valence-electron chi connectivity index (χ3n) is 5.41. The summed E-state index contributed by atoms with van der Waals surface area (Å²) in [5, 5.41) is 2.18. The topological polar surface area (TPSA) is 113 Å². The fourth-order valence-electron chi connectivity index (χ4n) is 3.97. The molecule has 1 aromatic carbocycles. The molecule has 1 unspecified atom stereocenters. The van der Waals surface area contributed by atoms with Gasteiger partial charge in [-0.3, -0.25) is 34.2 Å². The Morgan fingerprint density at radius 2 is 1.80 bits per heavy atom. The Kier molecular flexibility index (Phi) is 4.63. The van der Waals surface area contributed by atoms with Crippen LogP contribution >= 0.6 is 0 Å². The standard InChI is InChI=1S/C21H23N3O6/c1-21(2,3)30-20(29)11-9-23(10-11)13-6-4-5-12-16(13)19(28)24(18(12)27)14-7-8-15(25)22-17(14)26/h4-6,11,14H,7-10H2,1-3H3,(H,22,25,26). The van der Waals surface area contributed by atoms with Crippen molar-refractivity contribution in [3.63, 3.8) is 0 Å². The number of carbonyl (C=O) groups is 5. The van der Waals surface area contributed by atoms with Crippen molar-refractivity contribution in [3.8, 4) is 0 Å². The number of amides is 4. The Hall–Kier alpha value is -3.23. The van der Waals surface area contributed by atoms with E-state index in [1.54, 1.807) is 39.0 Å². The molecule has 4 amide bonds. The first kappa shape index (κ1) is 20.1. The summed E-state index contributed by atoms with van der Waals surface area (Å²) in [5.74, 6) is -2.76. The molecule has 0 aliphatic carbocycles. The number of nitrogens with zero attached hydrogens (tertiary/aromatic N) is 2. The molecule has 1 atom stereocenters. The van der Waals surface area contributed by atoms with Crippen LogP contribution in [0.15, 0.2) is 18.2 Å². The zero-order valence-corrected chi connectivity index (χ0v) is 17.1. The van der Waals surface area contributed by atoms with E-state index in [0.717, 1.165) is 4.90 Å². The number of esters is 1. The SMILES string of the molecule is CC(C)(C)OC(=O)C1CN(c2cccc3c2C(=O)N(C2CCC(=O)NC2=O)C3=O)C1. The first-order valence-electron chi connectivity index (χ1n) is 9.89. The van der Waals surface area contributed by atoms with Crippen LogP contribution in [0.2, 0.25) is 0 Å². The molecule has 3 aliphatic heterocycles. The number of hydrogen-bond acceptors (Lipinski definition) is 7. The lowest BCUT2D eigenvalue weighted by Gasteiger charge is -2.41. The van der Waals surface area contributed by atoms with Gasteiger partial charge in [0.2, 0.25) is 11.8 Å². The molecule has 2 saturated heterocycles. The van der Waals surface area contributed by atoms with Crippen LogP contribution in [-0.4, -0.2) is 59.2 Å². The first-order valence-corrected chi connectivity index (χ1v) is 9.89. The minimum absolute atomic E-state index is 0.0698. The summed E-state index contributed by atoms with van der Waals surface area (Å²) in [5.41, 5.74) is 0.439. The van der Waals surface area contributed by atoms with Gasteiger partial charge in [0.05, 0.1) is 22.7 Å². The van der Waals surface area contributed by atoms with E-state index in [2.05, 4.69) is 5.32 Å². The van der Waals surface area contributed by atoms with Crippen molar-refractivity contribution in [2.45, 2.75) is 45.3 Å². The van der Waals surface area contributed by atoms with Gasteiger partial charge in [-0.15, -0.1) is 0 Å². The van der Waals surface area contributed by atoms with Gasteiger partial charge in [-0.2, -0.15) is 0 Å². The van der Waals surface area contributed by atoms with Gasteiger partial charge in [0.1, 0.15) is 11.6 Å². The average Bonchev–Trinajstić information content (AvgIpc) is 2.84. The smallest absolute Gasteiger partial charge is 0.313 e. The number of imide groups is 2. The van der Waals surface area contributed by atoms with Crippen LogP contribution in [0.1, 0.15) is 54.3 Å². The minimum Gasteiger partial charge on any atom is -0.460 e. The van der Waals surface area contributed by atoms with Crippen LogP contribution in [-0.2, 0) is 19.1 Å². The van der Waals surface area contributed by atoms with Gasteiger partial charge >= 0.3 is 5.97 Å². The number of hydrogen-bond donors (Lipinski definition) is 1. The number of nitrogens with one attached hydrogen (secondary N) is 1. The van der Waals surface area contributed by atoms with Gasteiger partial charge in [-0.1, -0.05) is 6.07 Å². The number of carbonyl (C=O) groups excluding carboxylic acids is 5. The Morgan fingerprint density at radius 1 is 1.10 bits per heavy atom. The summed E-state index contributed by atoms with van der Waals surface area (Å²) in [6, 6.07) is 3.95. The summed E-state index contributed by atoms with van der Waals surface area (Å²) in [6.45, 7) is 6.17. The van der Waals surface area contributed by atoms with E-state index in [-0.39, 0.29) is 35.9 Å².